The summed E-state index contributed by atoms with van der Waals surface area (Å²) >= 11 is 0. The smallest absolute Gasteiger partial charge is 0.276 e. The largest absolute Gasteiger partial charge is 0.295 e. The first-order valence-electron chi connectivity index (χ1n) is 11.5. The number of nitrogens with zero attached hydrogens (tertiary/aromatic N) is 7. The lowest BCUT2D eigenvalue weighted by atomic mass is 9.95. The van der Waals surface area contributed by atoms with E-state index >= 15 is 0 Å². The summed E-state index contributed by atoms with van der Waals surface area (Å²) in [5, 5.41) is 9.72. The molecule has 1 spiro atoms. The van der Waals surface area contributed by atoms with Gasteiger partial charge in [0.2, 0.25) is 0 Å². The van der Waals surface area contributed by atoms with Gasteiger partial charge in [0, 0.05) is 18.6 Å². The first-order chi connectivity index (χ1) is 16.0. The molecular weight excluding hydrogens is 421 g/mol. The number of piperidine rings is 1. The summed E-state index contributed by atoms with van der Waals surface area (Å²) in [7, 11) is 0. The van der Waals surface area contributed by atoms with E-state index in [9.17, 15) is 9.18 Å². The minimum absolute atomic E-state index is 0.0381. The highest BCUT2D eigenvalue weighted by atomic mass is 19.1. The van der Waals surface area contributed by atoms with Gasteiger partial charge in [-0.05, 0) is 63.3 Å². The first kappa shape index (κ1) is 20.4. The fourth-order valence-corrected chi connectivity index (χ4v) is 5.36. The van der Waals surface area contributed by atoms with Gasteiger partial charge in [-0.2, -0.15) is 10.2 Å². The maximum atomic E-state index is 13.3. The Balaban J connectivity index is 1.34. The van der Waals surface area contributed by atoms with Crippen molar-refractivity contribution in [1.82, 2.24) is 34.3 Å². The number of aromatic nitrogens is 6. The molecule has 6 rings (SSSR count). The predicted octanol–water partition coefficient (Wildman–Crippen LogP) is 3.26. The number of hydrogen-bond acceptors (Lipinski definition) is 6. The number of pyridine rings is 1. The molecule has 1 aliphatic heterocycles. The maximum absolute atomic E-state index is 13.3. The van der Waals surface area contributed by atoms with E-state index in [4.69, 9.17) is 4.98 Å². The topological polar surface area (TPSA) is 81.2 Å². The second-order valence-corrected chi connectivity index (χ2v) is 9.43. The number of hydrogen-bond donors (Lipinski definition) is 0. The predicted molar refractivity (Wildman–Crippen MR) is 123 cm³/mol. The Bertz CT molecular complexity index is 1440. The fourth-order valence-electron chi connectivity index (χ4n) is 5.36. The van der Waals surface area contributed by atoms with Gasteiger partial charge in [-0.1, -0.05) is 0 Å². The van der Waals surface area contributed by atoms with E-state index in [-0.39, 0.29) is 23.8 Å². The van der Waals surface area contributed by atoms with E-state index in [1.54, 1.807) is 15.4 Å². The summed E-state index contributed by atoms with van der Waals surface area (Å²) in [5.74, 6) is 0. The average Bonchev–Trinajstić information content (AvgIpc) is 3.46. The third kappa shape index (κ3) is 3.33. The second-order valence-electron chi connectivity index (χ2n) is 9.43. The monoisotopic (exact) mass is 447 g/mol. The van der Waals surface area contributed by atoms with Gasteiger partial charge in [0.05, 0.1) is 40.7 Å². The van der Waals surface area contributed by atoms with Gasteiger partial charge in [0.1, 0.15) is 12.4 Å². The van der Waals surface area contributed by atoms with Crippen molar-refractivity contribution in [2.24, 2.45) is 0 Å². The molecule has 33 heavy (non-hydrogen) atoms. The number of rotatable bonds is 4. The minimum atomic E-state index is -0.323. The van der Waals surface area contributed by atoms with Crippen molar-refractivity contribution in [2.75, 3.05) is 19.8 Å². The Morgan fingerprint density at radius 3 is 2.82 bits per heavy atom. The van der Waals surface area contributed by atoms with Crippen molar-refractivity contribution in [3.05, 3.63) is 52.2 Å². The highest BCUT2D eigenvalue weighted by Crippen LogP contribution is 2.50. The number of halogens is 1. The van der Waals surface area contributed by atoms with Crippen molar-refractivity contribution in [3.8, 4) is 11.4 Å². The summed E-state index contributed by atoms with van der Waals surface area (Å²) in [5.41, 5.74) is 4.66. The van der Waals surface area contributed by atoms with Crippen LogP contribution in [0.15, 0.2) is 35.4 Å². The van der Waals surface area contributed by atoms with Gasteiger partial charge in [-0.15, -0.1) is 0 Å². The molecule has 1 atom stereocenters. The fraction of sp³-hybridized carbons (Fsp3) is 0.458. The normalized spacial score (nSPS) is 20.2. The van der Waals surface area contributed by atoms with Crippen LogP contribution in [0.25, 0.3) is 27.9 Å². The summed E-state index contributed by atoms with van der Waals surface area (Å²) in [4.78, 5) is 24.8. The van der Waals surface area contributed by atoms with Crippen LogP contribution < -0.4 is 5.56 Å². The SMILES string of the molecule is Cc1cn2nc(-c3ccc4c(=O)n(C5CCN(CCF)C6(CC6)C5)ncc4n3)cc(C)c2n1. The zero-order valence-electron chi connectivity index (χ0n) is 18.8. The van der Waals surface area contributed by atoms with E-state index in [1.165, 1.54) is 0 Å². The standard InChI is InChI=1S/C24H26FN7O/c1-15-11-20(29-31-14-16(2)27-22(15)31)19-4-3-18-21(28-19)13-26-32(23(18)33)17-5-9-30(10-8-25)24(12-17)6-7-24/h3-4,11,13-14,17H,5-10,12H2,1-2H3. The van der Waals surface area contributed by atoms with Crippen molar-refractivity contribution in [3.63, 3.8) is 0 Å². The van der Waals surface area contributed by atoms with Crippen LogP contribution in [0.3, 0.4) is 0 Å². The summed E-state index contributed by atoms with van der Waals surface area (Å²) < 4.78 is 16.3. The molecule has 5 heterocycles. The van der Waals surface area contributed by atoms with Crippen LogP contribution >= 0.6 is 0 Å². The Kier molecular flexibility index (Phi) is 4.58. The van der Waals surface area contributed by atoms with Crippen LogP contribution in [0.1, 0.15) is 43.0 Å². The van der Waals surface area contributed by atoms with E-state index in [1.807, 2.05) is 38.2 Å². The van der Waals surface area contributed by atoms with E-state index in [0.717, 1.165) is 54.8 Å². The third-order valence-corrected chi connectivity index (χ3v) is 7.21. The lowest BCUT2D eigenvalue weighted by Crippen LogP contribution is -2.47. The third-order valence-electron chi connectivity index (χ3n) is 7.21. The van der Waals surface area contributed by atoms with Gasteiger partial charge >= 0.3 is 0 Å². The molecule has 2 fully saturated rings. The second kappa shape index (κ2) is 7.41. The number of alkyl halides is 1. The van der Waals surface area contributed by atoms with Crippen LogP contribution in [0.4, 0.5) is 4.39 Å². The number of likely N-dealkylation sites (tertiary alicyclic amines) is 1. The molecule has 170 valence electrons. The molecule has 0 aromatic carbocycles. The van der Waals surface area contributed by atoms with Gasteiger partial charge in [-0.25, -0.2) is 23.6 Å². The average molecular weight is 448 g/mol. The lowest BCUT2D eigenvalue weighted by molar-refractivity contribution is 0.0847. The molecule has 0 radical (unpaired) electrons. The molecule has 4 aromatic heterocycles. The van der Waals surface area contributed by atoms with Crippen LogP contribution in [-0.4, -0.2) is 59.6 Å². The zero-order valence-corrected chi connectivity index (χ0v) is 18.8. The summed E-state index contributed by atoms with van der Waals surface area (Å²) in [6, 6.07) is 5.67. The van der Waals surface area contributed by atoms with Crippen molar-refractivity contribution >= 4 is 16.6 Å². The summed E-state index contributed by atoms with van der Waals surface area (Å²) in [6.45, 7) is 4.90. The maximum Gasteiger partial charge on any atom is 0.276 e. The highest BCUT2D eigenvalue weighted by molar-refractivity contribution is 5.79. The molecule has 0 N–H and O–H groups in total. The molecule has 4 aromatic rings. The molecule has 0 amide bonds. The number of aryl methyl sites for hydroxylation is 2. The van der Waals surface area contributed by atoms with Crippen molar-refractivity contribution in [2.45, 2.75) is 51.1 Å². The molecule has 1 unspecified atom stereocenters. The van der Waals surface area contributed by atoms with Crippen LogP contribution in [0.5, 0.6) is 0 Å². The Morgan fingerprint density at radius 2 is 2.03 bits per heavy atom. The molecule has 1 saturated carbocycles. The molecule has 0 bridgehead atoms. The Hall–Kier alpha value is -3.20. The summed E-state index contributed by atoms with van der Waals surface area (Å²) in [6.07, 6.45) is 7.37. The van der Waals surface area contributed by atoms with Gasteiger partial charge in [0.25, 0.3) is 5.56 Å². The Labute approximate surface area is 190 Å². The molecule has 8 nitrogen and oxygen atoms in total. The molecular formula is C24H26FN7O. The van der Waals surface area contributed by atoms with E-state index < -0.39 is 0 Å². The Morgan fingerprint density at radius 1 is 1.18 bits per heavy atom. The number of fused-ring (bicyclic) bond motifs is 2. The zero-order chi connectivity index (χ0) is 22.7. The van der Waals surface area contributed by atoms with Gasteiger partial charge in [-0.3, -0.25) is 9.69 Å². The van der Waals surface area contributed by atoms with Gasteiger partial charge < -0.3 is 0 Å². The van der Waals surface area contributed by atoms with E-state index in [2.05, 4.69) is 20.1 Å². The van der Waals surface area contributed by atoms with Crippen LogP contribution in [0.2, 0.25) is 0 Å². The number of imidazole rings is 1. The molecule has 2 aliphatic rings. The first-order valence-corrected chi connectivity index (χ1v) is 11.5. The van der Waals surface area contributed by atoms with Crippen LogP contribution in [-0.2, 0) is 0 Å². The molecule has 1 aliphatic carbocycles. The van der Waals surface area contributed by atoms with Gasteiger partial charge in [0.15, 0.2) is 5.65 Å². The highest BCUT2D eigenvalue weighted by Gasteiger charge is 2.51. The molecule has 1 saturated heterocycles. The van der Waals surface area contributed by atoms with E-state index in [0.29, 0.717) is 23.1 Å². The molecule has 9 heteroatoms. The quantitative estimate of drug-likeness (QED) is 0.478. The van der Waals surface area contributed by atoms with Crippen molar-refractivity contribution < 1.29 is 4.39 Å². The lowest BCUT2D eigenvalue weighted by Gasteiger charge is -2.39. The van der Waals surface area contributed by atoms with Crippen molar-refractivity contribution in [1.29, 1.82) is 0 Å². The van der Waals surface area contributed by atoms with Crippen LogP contribution in [0, 0.1) is 13.8 Å². The minimum Gasteiger partial charge on any atom is -0.295 e.